The maximum atomic E-state index is 12.6. The average molecular weight is 260 g/mol. The van der Waals surface area contributed by atoms with Gasteiger partial charge in [-0.05, 0) is 39.5 Å². The van der Waals surface area contributed by atoms with Crippen LogP contribution in [0.1, 0.15) is 33.6 Å². The number of carbonyl (C=O) groups excluding carboxylic acids is 2. The number of amides is 2. The molecule has 0 aromatic rings. The van der Waals surface area contributed by atoms with Crippen molar-refractivity contribution >= 4 is 11.8 Å². The largest absolute Gasteiger partial charge is 0.340 e. The molecule has 102 valence electrons. The molecule has 1 aliphatic heterocycles. The van der Waals surface area contributed by atoms with Crippen LogP contribution in [0, 0.1) is 5.92 Å². The molecule has 0 aromatic carbocycles. The summed E-state index contributed by atoms with van der Waals surface area (Å²) in [7, 11) is 0. The molecule has 0 spiro atoms. The SMILES string of the molecule is CC1(C2CC2)NC(=O)C(C)(C)N(CC(F)F)C1=O. The monoisotopic (exact) mass is 260 g/mol. The molecule has 18 heavy (non-hydrogen) atoms. The number of hydrogen-bond acceptors (Lipinski definition) is 2. The molecule has 2 amide bonds. The van der Waals surface area contributed by atoms with Gasteiger partial charge in [0.25, 0.3) is 6.43 Å². The molecular weight excluding hydrogens is 242 g/mol. The minimum Gasteiger partial charge on any atom is -0.340 e. The van der Waals surface area contributed by atoms with E-state index < -0.39 is 30.0 Å². The topological polar surface area (TPSA) is 49.4 Å². The molecule has 0 bridgehead atoms. The van der Waals surface area contributed by atoms with Crippen molar-refractivity contribution in [3.63, 3.8) is 0 Å². The van der Waals surface area contributed by atoms with E-state index in [9.17, 15) is 18.4 Å². The van der Waals surface area contributed by atoms with Crippen LogP contribution in [0.15, 0.2) is 0 Å². The molecule has 1 unspecified atom stereocenters. The lowest BCUT2D eigenvalue weighted by atomic mass is 9.85. The summed E-state index contributed by atoms with van der Waals surface area (Å²) in [5.41, 5.74) is -2.23. The minimum atomic E-state index is -2.64. The molecule has 2 aliphatic rings. The van der Waals surface area contributed by atoms with Crippen molar-refractivity contribution < 1.29 is 18.4 Å². The fourth-order valence-corrected chi connectivity index (χ4v) is 2.49. The van der Waals surface area contributed by atoms with Gasteiger partial charge in [0.2, 0.25) is 11.8 Å². The number of alkyl halides is 2. The predicted molar refractivity (Wildman–Crippen MR) is 61.1 cm³/mol. The van der Waals surface area contributed by atoms with Gasteiger partial charge in [-0.2, -0.15) is 0 Å². The summed E-state index contributed by atoms with van der Waals surface area (Å²) in [6.07, 6.45) is -0.931. The minimum absolute atomic E-state index is 0.0743. The average Bonchev–Trinajstić information content (AvgIpc) is 3.06. The van der Waals surface area contributed by atoms with Gasteiger partial charge >= 0.3 is 0 Å². The van der Waals surface area contributed by atoms with Crippen molar-refractivity contribution in [2.75, 3.05) is 6.54 Å². The fraction of sp³-hybridized carbons (Fsp3) is 0.833. The van der Waals surface area contributed by atoms with Gasteiger partial charge in [0.15, 0.2) is 0 Å². The maximum absolute atomic E-state index is 12.6. The zero-order valence-electron chi connectivity index (χ0n) is 10.8. The summed E-state index contributed by atoms with van der Waals surface area (Å²) in [6, 6.07) is 0. The first-order valence-corrected chi connectivity index (χ1v) is 6.12. The normalized spacial score (nSPS) is 31.8. The summed E-state index contributed by atoms with van der Waals surface area (Å²) in [6.45, 7) is 3.93. The van der Waals surface area contributed by atoms with Gasteiger partial charge < -0.3 is 10.2 Å². The Morgan fingerprint density at radius 1 is 1.33 bits per heavy atom. The van der Waals surface area contributed by atoms with Gasteiger partial charge in [-0.3, -0.25) is 9.59 Å². The molecule has 1 atom stereocenters. The molecule has 0 radical (unpaired) electrons. The van der Waals surface area contributed by atoms with E-state index in [1.54, 1.807) is 6.92 Å². The first-order chi connectivity index (χ1) is 8.19. The second-order valence-electron chi connectivity index (χ2n) is 5.80. The molecule has 1 N–H and O–H groups in total. The highest BCUT2D eigenvalue weighted by molar-refractivity contribution is 6.02. The summed E-state index contributed by atoms with van der Waals surface area (Å²) in [4.78, 5) is 25.5. The molecule has 1 saturated carbocycles. The fourth-order valence-electron chi connectivity index (χ4n) is 2.49. The lowest BCUT2D eigenvalue weighted by Crippen LogP contribution is -2.74. The van der Waals surface area contributed by atoms with Crippen LogP contribution in [0.3, 0.4) is 0 Å². The van der Waals surface area contributed by atoms with E-state index in [2.05, 4.69) is 5.32 Å². The van der Waals surface area contributed by atoms with Crippen LogP contribution in [0.4, 0.5) is 8.78 Å². The number of halogens is 2. The van der Waals surface area contributed by atoms with Crippen LogP contribution in [-0.2, 0) is 9.59 Å². The van der Waals surface area contributed by atoms with E-state index in [0.717, 1.165) is 17.7 Å². The summed E-state index contributed by atoms with van der Waals surface area (Å²) in [5, 5.41) is 2.72. The standard InChI is InChI=1S/C12H18F2N2O2/c1-11(2)9(17)15-12(3,7-4-5-7)10(18)16(11)6-8(13)14/h7-8H,4-6H2,1-3H3,(H,15,17). The first kappa shape index (κ1) is 13.2. The quantitative estimate of drug-likeness (QED) is 0.827. The predicted octanol–water partition coefficient (Wildman–Crippen LogP) is 1.16. The van der Waals surface area contributed by atoms with E-state index in [1.165, 1.54) is 13.8 Å². The molecule has 2 rings (SSSR count). The van der Waals surface area contributed by atoms with Gasteiger partial charge in [0.05, 0.1) is 6.54 Å². The Morgan fingerprint density at radius 2 is 1.89 bits per heavy atom. The molecule has 2 fully saturated rings. The Kier molecular flexibility index (Phi) is 2.87. The van der Waals surface area contributed by atoms with Crippen LogP contribution < -0.4 is 5.32 Å². The van der Waals surface area contributed by atoms with E-state index >= 15 is 0 Å². The Labute approximate surface area is 105 Å². The van der Waals surface area contributed by atoms with Crippen molar-refractivity contribution in [2.45, 2.75) is 51.1 Å². The number of nitrogens with zero attached hydrogens (tertiary/aromatic N) is 1. The molecule has 1 heterocycles. The summed E-state index contributed by atoms with van der Waals surface area (Å²) in [5.74, 6) is -0.683. The summed E-state index contributed by atoms with van der Waals surface area (Å²) >= 11 is 0. The zero-order chi connectivity index (χ0) is 13.7. The van der Waals surface area contributed by atoms with Gasteiger partial charge in [-0.15, -0.1) is 0 Å². The highest BCUT2D eigenvalue weighted by Crippen LogP contribution is 2.43. The van der Waals surface area contributed by atoms with E-state index in [-0.39, 0.29) is 11.8 Å². The summed E-state index contributed by atoms with van der Waals surface area (Å²) < 4.78 is 25.2. The molecule has 1 aliphatic carbocycles. The van der Waals surface area contributed by atoms with Crippen molar-refractivity contribution in [3.05, 3.63) is 0 Å². The maximum Gasteiger partial charge on any atom is 0.255 e. The number of piperazine rings is 1. The third kappa shape index (κ3) is 1.87. The van der Waals surface area contributed by atoms with Gasteiger partial charge in [0, 0.05) is 0 Å². The molecule has 4 nitrogen and oxygen atoms in total. The molecular formula is C12H18F2N2O2. The Hall–Kier alpha value is -1.20. The Bertz CT molecular complexity index is 394. The first-order valence-electron chi connectivity index (χ1n) is 6.12. The molecule has 0 aromatic heterocycles. The smallest absolute Gasteiger partial charge is 0.255 e. The van der Waals surface area contributed by atoms with Crippen molar-refractivity contribution in [1.29, 1.82) is 0 Å². The number of rotatable bonds is 3. The lowest BCUT2D eigenvalue weighted by molar-refractivity contribution is -0.163. The van der Waals surface area contributed by atoms with E-state index in [4.69, 9.17) is 0 Å². The highest BCUT2D eigenvalue weighted by atomic mass is 19.3. The van der Waals surface area contributed by atoms with Crippen LogP contribution in [0.25, 0.3) is 0 Å². The molecule has 1 saturated heterocycles. The van der Waals surface area contributed by atoms with Crippen molar-refractivity contribution in [2.24, 2.45) is 5.92 Å². The lowest BCUT2D eigenvalue weighted by Gasteiger charge is -2.48. The van der Waals surface area contributed by atoms with Crippen LogP contribution in [0.2, 0.25) is 0 Å². The van der Waals surface area contributed by atoms with Crippen LogP contribution >= 0.6 is 0 Å². The van der Waals surface area contributed by atoms with E-state index in [0.29, 0.717) is 0 Å². The Morgan fingerprint density at radius 3 is 2.33 bits per heavy atom. The van der Waals surface area contributed by atoms with Gasteiger partial charge in [-0.1, -0.05) is 0 Å². The van der Waals surface area contributed by atoms with Crippen molar-refractivity contribution in [1.82, 2.24) is 10.2 Å². The Balaban J connectivity index is 2.32. The highest BCUT2D eigenvalue weighted by Gasteiger charge is 2.58. The van der Waals surface area contributed by atoms with Crippen LogP contribution in [0.5, 0.6) is 0 Å². The van der Waals surface area contributed by atoms with Crippen LogP contribution in [-0.4, -0.2) is 40.8 Å². The second-order valence-corrected chi connectivity index (χ2v) is 5.80. The van der Waals surface area contributed by atoms with Crippen molar-refractivity contribution in [3.8, 4) is 0 Å². The van der Waals surface area contributed by atoms with Gasteiger partial charge in [0.1, 0.15) is 11.1 Å². The number of carbonyl (C=O) groups is 2. The van der Waals surface area contributed by atoms with Gasteiger partial charge in [-0.25, -0.2) is 8.78 Å². The van der Waals surface area contributed by atoms with E-state index in [1.807, 2.05) is 0 Å². The molecule has 6 heteroatoms. The zero-order valence-corrected chi connectivity index (χ0v) is 10.8. The third-order valence-corrected chi connectivity index (χ3v) is 4.01. The number of nitrogens with one attached hydrogen (secondary N) is 1. The third-order valence-electron chi connectivity index (χ3n) is 4.01. The number of hydrogen-bond donors (Lipinski definition) is 1. The second kappa shape index (κ2) is 3.90.